The zero-order valence-corrected chi connectivity index (χ0v) is 7.90. The quantitative estimate of drug-likeness (QED) is 0.673. The van der Waals surface area contributed by atoms with Gasteiger partial charge in [0.05, 0.1) is 0 Å². The maximum absolute atomic E-state index is 8.61. The summed E-state index contributed by atoms with van der Waals surface area (Å²) in [6, 6.07) is 3.93. The lowest BCUT2D eigenvalue weighted by Gasteiger charge is -2.15. The van der Waals surface area contributed by atoms with Crippen LogP contribution in [0.2, 0.25) is 0 Å². The van der Waals surface area contributed by atoms with Crippen LogP contribution >= 0.6 is 12.4 Å². The van der Waals surface area contributed by atoms with E-state index in [-0.39, 0.29) is 12.4 Å². The predicted octanol–water partition coefficient (Wildman–Crippen LogP) is 1.02. The molecule has 0 saturated heterocycles. The molecule has 0 amide bonds. The average molecular weight is 196 g/mol. The Bertz CT molecular complexity index is 343. The van der Waals surface area contributed by atoms with E-state index in [2.05, 4.69) is 10.3 Å². The first kappa shape index (κ1) is 9.97. The van der Waals surface area contributed by atoms with Gasteiger partial charge in [-0.1, -0.05) is 0 Å². The number of rotatable bonds is 0. The van der Waals surface area contributed by atoms with Crippen LogP contribution in [0.25, 0.3) is 0 Å². The summed E-state index contributed by atoms with van der Waals surface area (Å²) in [6.07, 6.45) is 2.80. The average Bonchev–Trinajstić information content (AvgIpc) is 2.17. The molecule has 3 nitrogen and oxygen atoms in total. The van der Waals surface area contributed by atoms with Crippen LogP contribution in [0.4, 0.5) is 0 Å². The van der Waals surface area contributed by atoms with Gasteiger partial charge in [-0.25, -0.2) is 4.98 Å². The first-order valence-electron chi connectivity index (χ1n) is 3.99. The molecule has 1 aromatic rings. The summed E-state index contributed by atoms with van der Waals surface area (Å²) in [5, 5.41) is 11.9. The van der Waals surface area contributed by atoms with Crippen molar-refractivity contribution in [2.24, 2.45) is 0 Å². The number of pyridine rings is 1. The fourth-order valence-corrected chi connectivity index (χ4v) is 1.42. The molecule has 0 unspecified atom stereocenters. The van der Waals surface area contributed by atoms with Gasteiger partial charge in [-0.15, -0.1) is 12.4 Å². The third-order valence-corrected chi connectivity index (χ3v) is 2.08. The molecule has 0 bridgehead atoms. The summed E-state index contributed by atoms with van der Waals surface area (Å²) in [6.45, 7) is 1.88. The van der Waals surface area contributed by atoms with E-state index in [9.17, 15) is 0 Å². The van der Waals surface area contributed by atoms with Gasteiger partial charge in [0.15, 0.2) is 0 Å². The number of fused-ring (bicyclic) bond motifs is 1. The number of aromatic nitrogens is 1. The van der Waals surface area contributed by atoms with Crippen LogP contribution in [-0.2, 0) is 13.0 Å². The van der Waals surface area contributed by atoms with E-state index in [0.717, 1.165) is 19.5 Å². The van der Waals surface area contributed by atoms with Gasteiger partial charge < -0.3 is 5.32 Å². The molecular formula is C9H10ClN3. The molecule has 4 heteroatoms. The largest absolute Gasteiger partial charge is 0.312 e. The molecule has 2 heterocycles. The first-order valence-corrected chi connectivity index (χ1v) is 3.99. The Hall–Kier alpha value is -1.11. The molecule has 1 N–H and O–H groups in total. The van der Waals surface area contributed by atoms with Crippen molar-refractivity contribution in [3.63, 3.8) is 0 Å². The Morgan fingerprint density at radius 1 is 1.46 bits per heavy atom. The highest BCUT2D eigenvalue weighted by atomic mass is 35.5. The van der Waals surface area contributed by atoms with E-state index in [1.54, 1.807) is 6.20 Å². The van der Waals surface area contributed by atoms with Crippen molar-refractivity contribution >= 4 is 12.4 Å². The lowest BCUT2D eigenvalue weighted by molar-refractivity contribution is 0.640. The lowest BCUT2D eigenvalue weighted by atomic mass is 10.0. The second-order valence-corrected chi connectivity index (χ2v) is 2.88. The van der Waals surface area contributed by atoms with Gasteiger partial charge in [-0.05, 0) is 30.2 Å². The highest BCUT2D eigenvalue weighted by molar-refractivity contribution is 5.85. The van der Waals surface area contributed by atoms with Crippen molar-refractivity contribution in [1.82, 2.24) is 10.3 Å². The molecule has 0 saturated carbocycles. The summed E-state index contributed by atoms with van der Waals surface area (Å²) in [4.78, 5) is 4.01. The van der Waals surface area contributed by atoms with Crippen molar-refractivity contribution in [3.05, 3.63) is 29.1 Å². The zero-order valence-electron chi connectivity index (χ0n) is 7.08. The van der Waals surface area contributed by atoms with Gasteiger partial charge in [0.25, 0.3) is 0 Å². The molecule has 0 fully saturated rings. The van der Waals surface area contributed by atoms with Crippen LogP contribution in [0.5, 0.6) is 0 Å². The van der Waals surface area contributed by atoms with Crippen LogP contribution in [0.3, 0.4) is 0 Å². The number of hydrogen-bond donors (Lipinski definition) is 1. The highest BCUT2D eigenvalue weighted by Crippen LogP contribution is 2.12. The SMILES string of the molecule is Cl.N#Cc1cc2c(cn1)CNCC2. The summed E-state index contributed by atoms with van der Waals surface area (Å²) in [5.74, 6) is 0. The maximum atomic E-state index is 8.61. The van der Waals surface area contributed by atoms with Gasteiger partial charge >= 0.3 is 0 Å². The molecule has 0 atom stereocenters. The summed E-state index contributed by atoms with van der Waals surface area (Å²) >= 11 is 0. The van der Waals surface area contributed by atoms with E-state index in [1.807, 2.05) is 12.1 Å². The Labute approximate surface area is 83.2 Å². The monoisotopic (exact) mass is 195 g/mol. The lowest BCUT2D eigenvalue weighted by Crippen LogP contribution is -2.23. The van der Waals surface area contributed by atoms with Crippen LogP contribution in [-0.4, -0.2) is 11.5 Å². The maximum Gasteiger partial charge on any atom is 0.140 e. The molecule has 0 radical (unpaired) electrons. The number of halogens is 1. The minimum Gasteiger partial charge on any atom is -0.312 e. The molecule has 0 spiro atoms. The molecule has 68 valence electrons. The molecule has 1 aliphatic heterocycles. The van der Waals surface area contributed by atoms with Crippen LogP contribution < -0.4 is 5.32 Å². The molecule has 0 aromatic carbocycles. The molecule has 0 aliphatic carbocycles. The number of nitrogens with zero attached hydrogens (tertiary/aromatic N) is 2. The van der Waals surface area contributed by atoms with Gasteiger partial charge in [0.1, 0.15) is 11.8 Å². The second-order valence-electron chi connectivity index (χ2n) is 2.88. The summed E-state index contributed by atoms with van der Waals surface area (Å²) in [7, 11) is 0. The van der Waals surface area contributed by atoms with Crippen molar-refractivity contribution in [1.29, 1.82) is 5.26 Å². The van der Waals surface area contributed by atoms with E-state index in [1.165, 1.54) is 11.1 Å². The van der Waals surface area contributed by atoms with Crippen molar-refractivity contribution in [3.8, 4) is 6.07 Å². The minimum atomic E-state index is 0. The molecule has 1 aromatic heterocycles. The summed E-state index contributed by atoms with van der Waals surface area (Å²) < 4.78 is 0. The Balaban J connectivity index is 0.000000845. The summed E-state index contributed by atoms with van der Waals surface area (Å²) in [5.41, 5.74) is 3.01. The molecule has 13 heavy (non-hydrogen) atoms. The van der Waals surface area contributed by atoms with Crippen LogP contribution in [0.1, 0.15) is 16.8 Å². The topological polar surface area (TPSA) is 48.7 Å². The molecule has 1 aliphatic rings. The number of nitriles is 1. The fraction of sp³-hybridized carbons (Fsp3) is 0.333. The fourth-order valence-electron chi connectivity index (χ4n) is 1.42. The van der Waals surface area contributed by atoms with E-state index in [0.29, 0.717) is 5.69 Å². The Morgan fingerprint density at radius 2 is 2.31 bits per heavy atom. The van der Waals surface area contributed by atoms with E-state index >= 15 is 0 Å². The second kappa shape index (κ2) is 4.22. The van der Waals surface area contributed by atoms with Gasteiger partial charge in [-0.2, -0.15) is 5.26 Å². The Morgan fingerprint density at radius 3 is 3.08 bits per heavy atom. The standard InChI is InChI=1S/C9H9N3.ClH/c10-4-9-3-7-1-2-11-5-8(7)6-12-9;/h3,6,11H,1-2,5H2;1H. The zero-order chi connectivity index (χ0) is 8.39. The van der Waals surface area contributed by atoms with Crippen molar-refractivity contribution in [2.75, 3.05) is 6.54 Å². The first-order chi connectivity index (χ1) is 5.90. The van der Waals surface area contributed by atoms with E-state index < -0.39 is 0 Å². The van der Waals surface area contributed by atoms with Crippen molar-refractivity contribution in [2.45, 2.75) is 13.0 Å². The minimum absolute atomic E-state index is 0. The molecule has 2 rings (SSSR count). The number of nitrogens with one attached hydrogen (secondary N) is 1. The third-order valence-electron chi connectivity index (χ3n) is 2.08. The van der Waals surface area contributed by atoms with E-state index in [4.69, 9.17) is 5.26 Å². The van der Waals surface area contributed by atoms with Gasteiger partial charge in [0, 0.05) is 12.7 Å². The highest BCUT2D eigenvalue weighted by Gasteiger charge is 2.08. The normalized spacial score (nSPS) is 13.8. The van der Waals surface area contributed by atoms with Gasteiger partial charge in [0.2, 0.25) is 0 Å². The van der Waals surface area contributed by atoms with Crippen molar-refractivity contribution < 1.29 is 0 Å². The number of hydrogen-bond acceptors (Lipinski definition) is 3. The smallest absolute Gasteiger partial charge is 0.140 e. The predicted molar refractivity (Wildman–Crippen MR) is 51.6 cm³/mol. The Kier molecular flexibility index (Phi) is 3.24. The van der Waals surface area contributed by atoms with Crippen LogP contribution in [0.15, 0.2) is 12.3 Å². The molecular weight excluding hydrogens is 186 g/mol. The third kappa shape index (κ3) is 1.97. The van der Waals surface area contributed by atoms with Gasteiger partial charge in [-0.3, -0.25) is 0 Å². The van der Waals surface area contributed by atoms with Crippen LogP contribution in [0, 0.1) is 11.3 Å².